The molecule has 0 saturated heterocycles. The average molecular weight is 575 g/mol. The topological polar surface area (TPSA) is 145 Å². The van der Waals surface area contributed by atoms with Crippen molar-refractivity contribution in [2.24, 2.45) is 5.84 Å². The van der Waals surface area contributed by atoms with Crippen LogP contribution in [0.5, 0.6) is 0 Å². The number of nitrogens with one attached hydrogen (secondary N) is 2. The Kier molecular flexibility index (Phi) is 14.0. The van der Waals surface area contributed by atoms with Crippen LogP contribution in [0.2, 0.25) is 0 Å². The zero-order chi connectivity index (χ0) is 31.1. The van der Waals surface area contributed by atoms with Crippen LogP contribution >= 0.6 is 0 Å². The summed E-state index contributed by atoms with van der Waals surface area (Å²) in [4.78, 5) is 30.2. The highest BCUT2D eigenvalue weighted by Gasteiger charge is 2.16. The number of carbonyl (C=O) groups is 2. The molecule has 0 fully saturated rings. The molecule has 1 atom stereocenters. The Bertz CT molecular complexity index is 1250. The number of benzene rings is 2. The van der Waals surface area contributed by atoms with E-state index in [0.717, 1.165) is 35.8 Å². The molecule has 1 aromatic heterocycles. The lowest BCUT2D eigenvalue weighted by Crippen LogP contribution is -2.38. The summed E-state index contributed by atoms with van der Waals surface area (Å²) in [6, 6.07) is 14.6. The van der Waals surface area contributed by atoms with E-state index < -0.39 is 12.0 Å². The Morgan fingerprint density at radius 1 is 1.02 bits per heavy atom. The molecule has 0 spiro atoms. The second-order valence-electron chi connectivity index (χ2n) is 11.3. The number of carboxylic acid groups (broad SMARTS) is 1. The van der Waals surface area contributed by atoms with Crippen LogP contribution in [-0.4, -0.2) is 57.8 Å². The summed E-state index contributed by atoms with van der Waals surface area (Å²) in [5.41, 5.74) is 4.48. The number of aliphatic carboxylic acids is 1. The Morgan fingerprint density at radius 3 is 2.12 bits per heavy atom. The smallest absolute Gasteiger partial charge is 0.321 e. The third-order valence-corrected chi connectivity index (χ3v) is 6.93. The first-order valence-electron chi connectivity index (χ1n) is 14.5. The SMILES string of the molecule is CC(C)(C)c1ccc(C=O)cc1.CCCCCCCN(N)C(=N)c1cnc(-c2ccc(CC(NC)C(=O)O)cc2)nc1. The van der Waals surface area contributed by atoms with E-state index in [1.807, 2.05) is 48.5 Å². The molecule has 226 valence electrons. The number of rotatable bonds is 13. The molecule has 2 aromatic carbocycles. The zero-order valence-electron chi connectivity index (χ0n) is 25.6. The number of unbranched alkanes of at least 4 members (excludes halogenated alkanes) is 4. The molecule has 42 heavy (non-hydrogen) atoms. The van der Waals surface area contributed by atoms with Crippen molar-refractivity contribution in [3.05, 3.63) is 83.2 Å². The van der Waals surface area contributed by atoms with Crippen molar-refractivity contribution in [1.29, 1.82) is 5.41 Å². The number of likely N-dealkylation sites (N-methyl/N-ethyl adjacent to an activating group) is 1. The van der Waals surface area contributed by atoms with Crippen molar-refractivity contribution < 1.29 is 14.7 Å². The minimum absolute atomic E-state index is 0.168. The summed E-state index contributed by atoms with van der Waals surface area (Å²) < 4.78 is 0. The van der Waals surface area contributed by atoms with Gasteiger partial charge in [0.25, 0.3) is 0 Å². The van der Waals surface area contributed by atoms with Crippen molar-refractivity contribution in [3.63, 3.8) is 0 Å². The first-order valence-corrected chi connectivity index (χ1v) is 14.5. The molecule has 1 heterocycles. The van der Waals surface area contributed by atoms with Crippen molar-refractivity contribution in [1.82, 2.24) is 20.3 Å². The third-order valence-electron chi connectivity index (χ3n) is 6.93. The first kappa shape index (κ1) is 34.3. The van der Waals surface area contributed by atoms with Gasteiger partial charge in [0, 0.05) is 30.1 Å². The van der Waals surface area contributed by atoms with E-state index in [-0.39, 0.29) is 11.3 Å². The van der Waals surface area contributed by atoms with E-state index in [0.29, 0.717) is 24.4 Å². The molecule has 0 aliphatic heterocycles. The third kappa shape index (κ3) is 11.1. The van der Waals surface area contributed by atoms with Gasteiger partial charge in [-0.2, -0.15) is 0 Å². The number of nitrogens with two attached hydrogens (primary N) is 1. The predicted molar refractivity (Wildman–Crippen MR) is 169 cm³/mol. The predicted octanol–water partition coefficient (Wildman–Crippen LogP) is 5.63. The number of nitrogens with zero attached hydrogens (tertiary/aromatic N) is 3. The fraction of sp³-hybridized carbons (Fsp3) is 0.424. The van der Waals surface area contributed by atoms with Gasteiger partial charge in [0.05, 0.1) is 5.56 Å². The minimum atomic E-state index is -0.877. The fourth-order valence-corrected chi connectivity index (χ4v) is 4.16. The number of aromatic nitrogens is 2. The van der Waals surface area contributed by atoms with E-state index >= 15 is 0 Å². The van der Waals surface area contributed by atoms with Crippen LogP contribution in [0.3, 0.4) is 0 Å². The van der Waals surface area contributed by atoms with Gasteiger partial charge in [-0.25, -0.2) is 15.8 Å². The average Bonchev–Trinajstić information content (AvgIpc) is 2.99. The summed E-state index contributed by atoms with van der Waals surface area (Å²) in [6.45, 7) is 9.28. The molecule has 3 rings (SSSR count). The van der Waals surface area contributed by atoms with Gasteiger partial charge in [0.15, 0.2) is 5.82 Å². The normalized spacial score (nSPS) is 11.7. The van der Waals surface area contributed by atoms with Gasteiger partial charge >= 0.3 is 5.97 Å². The van der Waals surface area contributed by atoms with E-state index in [2.05, 4.69) is 43.0 Å². The maximum atomic E-state index is 11.1. The molecule has 0 amide bonds. The standard InChI is InChI=1S/C22H32N6O2.C11H14O/c1-3-4-5-6-7-12-28(24)20(23)18-14-26-21(27-15-18)17-10-8-16(9-11-17)13-19(25-2)22(29)30;1-11(2,3)10-6-4-9(8-12)5-7-10/h8-11,14-15,19,23,25H,3-7,12-13,24H2,1-2H3,(H,29,30);4-8H,1-3H3. The first-order chi connectivity index (χ1) is 20.0. The number of hydrazine groups is 1. The summed E-state index contributed by atoms with van der Waals surface area (Å²) in [6.07, 6.45) is 10.2. The van der Waals surface area contributed by atoms with E-state index in [1.165, 1.54) is 29.8 Å². The molecule has 0 radical (unpaired) electrons. The maximum Gasteiger partial charge on any atom is 0.321 e. The monoisotopic (exact) mass is 574 g/mol. The lowest BCUT2D eigenvalue weighted by atomic mass is 9.87. The van der Waals surface area contributed by atoms with Crippen LogP contribution in [-0.2, 0) is 16.6 Å². The number of hydrogen-bond acceptors (Lipinski definition) is 7. The number of hydrogen-bond donors (Lipinski definition) is 4. The summed E-state index contributed by atoms with van der Waals surface area (Å²) >= 11 is 0. The molecule has 3 aromatic rings. The molecule has 5 N–H and O–H groups in total. The van der Waals surface area contributed by atoms with E-state index in [1.54, 1.807) is 19.4 Å². The highest BCUT2D eigenvalue weighted by atomic mass is 16.4. The van der Waals surface area contributed by atoms with Crippen LogP contribution < -0.4 is 11.2 Å². The number of aldehydes is 1. The van der Waals surface area contributed by atoms with Crippen LogP contribution in [0.15, 0.2) is 60.9 Å². The van der Waals surface area contributed by atoms with Crippen molar-refractivity contribution >= 4 is 18.1 Å². The molecular weight excluding hydrogens is 528 g/mol. The van der Waals surface area contributed by atoms with Gasteiger partial charge in [-0.15, -0.1) is 0 Å². The summed E-state index contributed by atoms with van der Waals surface area (Å²) in [5.74, 6) is 5.89. The van der Waals surface area contributed by atoms with Crippen LogP contribution in [0, 0.1) is 5.41 Å². The number of carbonyl (C=O) groups excluding carboxylic acids is 1. The Hall–Kier alpha value is -3.95. The Balaban J connectivity index is 0.000000428. The molecule has 9 heteroatoms. The molecule has 0 bridgehead atoms. The zero-order valence-corrected chi connectivity index (χ0v) is 25.6. The van der Waals surface area contributed by atoms with E-state index in [4.69, 9.17) is 16.4 Å². The molecule has 0 aliphatic rings. The highest BCUT2D eigenvalue weighted by Crippen LogP contribution is 2.21. The molecular formula is C33H46N6O3. The van der Waals surface area contributed by atoms with Crippen molar-refractivity contribution in [2.75, 3.05) is 13.6 Å². The number of amidine groups is 1. The molecule has 0 saturated carbocycles. The quantitative estimate of drug-likeness (QED) is 0.0513. The van der Waals surface area contributed by atoms with Crippen LogP contribution in [0.1, 0.15) is 86.8 Å². The van der Waals surface area contributed by atoms with Gasteiger partial charge < -0.3 is 10.4 Å². The second kappa shape index (κ2) is 17.1. The Labute approximate surface area is 250 Å². The second-order valence-corrected chi connectivity index (χ2v) is 11.3. The van der Waals surface area contributed by atoms with Crippen LogP contribution in [0.4, 0.5) is 0 Å². The lowest BCUT2D eigenvalue weighted by Gasteiger charge is -2.19. The maximum absolute atomic E-state index is 11.1. The largest absolute Gasteiger partial charge is 0.480 e. The fourth-order valence-electron chi connectivity index (χ4n) is 4.16. The lowest BCUT2D eigenvalue weighted by molar-refractivity contribution is -0.139. The van der Waals surface area contributed by atoms with Crippen molar-refractivity contribution in [3.8, 4) is 11.4 Å². The molecule has 0 aliphatic carbocycles. The van der Waals surface area contributed by atoms with Gasteiger partial charge in [0.2, 0.25) is 0 Å². The van der Waals surface area contributed by atoms with E-state index in [9.17, 15) is 9.59 Å². The Morgan fingerprint density at radius 2 is 1.62 bits per heavy atom. The van der Waals surface area contributed by atoms with Crippen LogP contribution in [0.25, 0.3) is 11.4 Å². The highest BCUT2D eigenvalue weighted by molar-refractivity contribution is 5.95. The summed E-state index contributed by atoms with van der Waals surface area (Å²) in [7, 11) is 1.63. The van der Waals surface area contributed by atoms with Gasteiger partial charge in [-0.3, -0.25) is 20.0 Å². The van der Waals surface area contributed by atoms with Gasteiger partial charge in [0.1, 0.15) is 18.2 Å². The number of carboxylic acids is 1. The summed E-state index contributed by atoms with van der Waals surface area (Å²) in [5, 5.41) is 21.6. The minimum Gasteiger partial charge on any atom is -0.480 e. The van der Waals surface area contributed by atoms with Gasteiger partial charge in [-0.05, 0) is 36.4 Å². The molecule has 1 unspecified atom stereocenters. The molecule has 9 nitrogen and oxygen atoms in total. The van der Waals surface area contributed by atoms with Gasteiger partial charge in [-0.1, -0.05) is 102 Å². The van der Waals surface area contributed by atoms with Crippen molar-refractivity contribution in [2.45, 2.75) is 77.7 Å².